The first kappa shape index (κ1) is 12.0. The van der Waals surface area contributed by atoms with Crippen molar-refractivity contribution in [3.63, 3.8) is 0 Å². The Kier molecular flexibility index (Phi) is 3.10. The molecule has 17 heavy (non-hydrogen) atoms. The second kappa shape index (κ2) is 4.40. The maximum atomic E-state index is 12.1. The van der Waals surface area contributed by atoms with E-state index in [0.717, 1.165) is 24.6 Å². The maximum absolute atomic E-state index is 12.1. The summed E-state index contributed by atoms with van der Waals surface area (Å²) < 4.78 is 7.63. The SMILES string of the molecule is CC1(C(=O)O)CCCCN1C(=O)c1cnsn1. The van der Waals surface area contributed by atoms with Gasteiger partial charge in [-0.15, -0.1) is 0 Å². The standard InChI is InChI=1S/C10H13N3O3S/c1-10(9(15)16)4-2-3-5-13(10)8(14)7-6-11-17-12-7/h6H,2-5H2,1H3,(H,15,16). The molecular weight excluding hydrogens is 242 g/mol. The van der Waals surface area contributed by atoms with Crippen LogP contribution >= 0.6 is 11.7 Å². The summed E-state index contributed by atoms with van der Waals surface area (Å²) in [6.07, 6.45) is 3.50. The van der Waals surface area contributed by atoms with E-state index >= 15 is 0 Å². The molecule has 1 N–H and O–H groups in total. The van der Waals surface area contributed by atoms with Gasteiger partial charge in [-0.25, -0.2) is 4.79 Å². The Hall–Kier alpha value is -1.50. The van der Waals surface area contributed by atoms with Crippen molar-refractivity contribution in [3.05, 3.63) is 11.9 Å². The van der Waals surface area contributed by atoms with Crippen LogP contribution in [0.4, 0.5) is 0 Å². The molecule has 0 radical (unpaired) electrons. The molecule has 0 saturated carbocycles. The van der Waals surface area contributed by atoms with Gasteiger partial charge in [-0.3, -0.25) is 4.79 Å². The van der Waals surface area contributed by atoms with Crippen LogP contribution < -0.4 is 0 Å². The zero-order valence-corrected chi connectivity index (χ0v) is 10.2. The van der Waals surface area contributed by atoms with Crippen LogP contribution in [0.5, 0.6) is 0 Å². The van der Waals surface area contributed by atoms with Gasteiger partial charge in [0.05, 0.1) is 17.9 Å². The van der Waals surface area contributed by atoms with Crippen LogP contribution in [0, 0.1) is 0 Å². The summed E-state index contributed by atoms with van der Waals surface area (Å²) in [4.78, 5) is 24.9. The lowest BCUT2D eigenvalue weighted by molar-refractivity contribution is -0.150. The number of aromatic nitrogens is 2. The second-order valence-corrected chi connectivity index (χ2v) is 4.84. The number of carbonyl (C=O) groups excluding carboxylic acids is 1. The average Bonchev–Trinajstić information content (AvgIpc) is 2.82. The van der Waals surface area contributed by atoms with Crippen LogP contribution in [0.3, 0.4) is 0 Å². The monoisotopic (exact) mass is 255 g/mol. The summed E-state index contributed by atoms with van der Waals surface area (Å²) in [5, 5.41) is 9.29. The lowest BCUT2D eigenvalue weighted by Crippen LogP contribution is -2.57. The van der Waals surface area contributed by atoms with E-state index in [1.54, 1.807) is 6.92 Å². The van der Waals surface area contributed by atoms with E-state index in [0.29, 0.717) is 13.0 Å². The summed E-state index contributed by atoms with van der Waals surface area (Å²) in [5.74, 6) is -1.31. The molecule has 1 amide bonds. The number of piperidine rings is 1. The molecule has 1 aromatic rings. The van der Waals surface area contributed by atoms with Crippen molar-refractivity contribution >= 4 is 23.6 Å². The van der Waals surface area contributed by atoms with Gasteiger partial charge in [-0.1, -0.05) is 0 Å². The van der Waals surface area contributed by atoms with Gasteiger partial charge in [0.1, 0.15) is 5.54 Å². The van der Waals surface area contributed by atoms with Crippen LogP contribution in [0.25, 0.3) is 0 Å². The van der Waals surface area contributed by atoms with Crippen LogP contribution in [-0.2, 0) is 4.79 Å². The fraction of sp³-hybridized carbons (Fsp3) is 0.600. The van der Waals surface area contributed by atoms with E-state index < -0.39 is 11.5 Å². The first-order chi connectivity index (χ1) is 8.05. The van der Waals surface area contributed by atoms with Gasteiger partial charge in [0.25, 0.3) is 5.91 Å². The lowest BCUT2D eigenvalue weighted by atomic mass is 9.88. The number of carboxylic acid groups (broad SMARTS) is 1. The van der Waals surface area contributed by atoms with Gasteiger partial charge in [-0.2, -0.15) is 8.75 Å². The number of hydrogen-bond donors (Lipinski definition) is 1. The number of hydrogen-bond acceptors (Lipinski definition) is 5. The summed E-state index contributed by atoms with van der Waals surface area (Å²) in [6.45, 7) is 2.05. The number of carbonyl (C=O) groups is 2. The minimum atomic E-state index is -1.13. The number of likely N-dealkylation sites (tertiary alicyclic amines) is 1. The van der Waals surface area contributed by atoms with Crippen molar-refractivity contribution in [2.75, 3.05) is 6.54 Å². The summed E-state index contributed by atoms with van der Waals surface area (Å²) in [7, 11) is 0. The van der Waals surface area contributed by atoms with Gasteiger partial charge in [-0.05, 0) is 26.2 Å². The minimum absolute atomic E-state index is 0.226. The quantitative estimate of drug-likeness (QED) is 0.852. The Labute approximate surface area is 103 Å². The Morgan fingerprint density at radius 3 is 2.88 bits per heavy atom. The topological polar surface area (TPSA) is 83.4 Å². The largest absolute Gasteiger partial charge is 0.480 e. The molecule has 6 nitrogen and oxygen atoms in total. The highest BCUT2D eigenvalue weighted by molar-refractivity contribution is 6.99. The molecule has 1 aromatic heterocycles. The summed E-state index contributed by atoms with van der Waals surface area (Å²) in [6, 6.07) is 0. The highest BCUT2D eigenvalue weighted by atomic mass is 32.1. The highest BCUT2D eigenvalue weighted by Gasteiger charge is 2.44. The molecule has 1 atom stereocenters. The van der Waals surface area contributed by atoms with Gasteiger partial charge in [0.15, 0.2) is 5.69 Å². The predicted molar refractivity (Wildman–Crippen MR) is 60.8 cm³/mol. The fourth-order valence-electron chi connectivity index (χ4n) is 2.07. The molecule has 92 valence electrons. The number of rotatable bonds is 2. The molecule has 7 heteroatoms. The predicted octanol–water partition coefficient (Wildman–Crippen LogP) is 1.01. The Morgan fingerprint density at radius 1 is 1.53 bits per heavy atom. The summed E-state index contributed by atoms with van der Waals surface area (Å²) in [5.41, 5.74) is -0.900. The zero-order chi connectivity index (χ0) is 12.5. The van der Waals surface area contributed by atoms with E-state index in [1.807, 2.05) is 0 Å². The maximum Gasteiger partial charge on any atom is 0.329 e. The van der Waals surface area contributed by atoms with Crippen LogP contribution in [0.1, 0.15) is 36.7 Å². The average molecular weight is 255 g/mol. The van der Waals surface area contributed by atoms with Gasteiger partial charge in [0.2, 0.25) is 0 Å². The van der Waals surface area contributed by atoms with E-state index in [4.69, 9.17) is 0 Å². The highest BCUT2D eigenvalue weighted by Crippen LogP contribution is 2.29. The van der Waals surface area contributed by atoms with Gasteiger partial charge in [0, 0.05) is 6.54 Å². The van der Waals surface area contributed by atoms with E-state index in [1.165, 1.54) is 11.1 Å². The lowest BCUT2D eigenvalue weighted by Gasteiger charge is -2.41. The zero-order valence-electron chi connectivity index (χ0n) is 9.42. The summed E-state index contributed by atoms with van der Waals surface area (Å²) >= 11 is 0.946. The van der Waals surface area contributed by atoms with E-state index in [2.05, 4.69) is 8.75 Å². The normalized spacial score (nSPS) is 24.6. The molecule has 0 bridgehead atoms. The molecule has 0 spiro atoms. The van der Waals surface area contributed by atoms with Crippen molar-refractivity contribution in [1.29, 1.82) is 0 Å². The first-order valence-corrected chi connectivity index (χ1v) is 6.11. The molecule has 2 heterocycles. The first-order valence-electron chi connectivity index (χ1n) is 5.38. The molecule has 1 aliphatic rings. The second-order valence-electron chi connectivity index (χ2n) is 4.29. The van der Waals surface area contributed by atoms with Gasteiger partial charge < -0.3 is 10.0 Å². The Balaban J connectivity index is 2.29. The van der Waals surface area contributed by atoms with Crippen LogP contribution in [0.15, 0.2) is 6.20 Å². The molecular formula is C10H13N3O3S. The number of amides is 1. The molecule has 1 unspecified atom stereocenters. The molecule has 1 saturated heterocycles. The van der Waals surface area contributed by atoms with Crippen molar-refractivity contribution in [1.82, 2.24) is 13.6 Å². The third kappa shape index (κ3) is 2.02. The Morgan fingerprint density at radius 2 is 2.29 bits per heavy atom. The Bertz CT molecular complexity index is 434. The molecule has 0 aliphatic carbocycles. The van der Waals surface area contributed by atoms with Gasteiger partial charge >= 0.3 is 5.97 Å². The molecule has 1 aliphatic heterocycles. The van der Waals surface area contributed by atoms with Crippen LogP contribution in [-0.4, -0.2) is 42.7 Å². The number of aliphatic carboxylic acids is 1. The third-order valence-electron chi connectivity index (χ3n) is 3.18. The van der Waals surface area contributed by atoms with Crippen molar-refractivity contribution in [3.8, 4) is 0 Å². The number of nitrogens with zero attached hydrogens (tertiary/aromatic N) is 3. The van der Waals surface area contributed by atoms with E-state index in [-0.39, 0.29) is 11.6 Å². The third-order valence-corrected chi connectivity index (χ3v) is 3.66. The fourth-order valence-corrected chi connectivity index (χ4v) is 2.47. The van der Waals surface area contributed by atoms with Crippen molar-refractivity contribution < 1.29 is 14.7 Å². The van der Waals surface area contributed by atoms with Crippen LogP contribution in [0.2, 0.25) is 0 Å². The molecule has 0 aromatic carbocycles. The molecule has 1 fully saturated rings. The van der Waals surface area contributed by atoms with Crippen molar-refractivity contribution in [2.45, 2.75) is 31.7 Å². The van der Waals surface area contributed by atoms with E-state index in [9.17, 15) is 14.7 Å². The number of carboxylic acids is 1. The smallest absolute Gasteiger partial charge is 0.329 e. The van der Waals surface area contributed by atoms with Crippen molar-refractivity contribution in [2.24, 2.45) is 0 Å². The minimum Gasteiger partial charge on any atom is -0.480 e. The molecule has 2 rings (SSSR count).